The molecule has 0 aliphatic carbocycles. The van der Waals surface area contributed by atoms with Crippen molar-refractivity contribution in [3.05, 3.63) is 58.7 Å². The molecule has 0 fully saturated rings. The Morgan fingerprint density at radius 3 is 2.70 bits per heavy atom. The highest BCUT2D eigenvalue weighted by atomic mass is 35.5. The van der Waals surface area contributed by atoms with Crippen LogP contribution in [0.3, 0.4) is 0 Å². The third-order valence-corrected chi connectivity index (χ3v) is 4.19. The lowest BCUT2D eigenvalue weighted by Gasteiger charge is -2.09. The summed E-state index contributed by atoms with van der Waals surface area (Å²) in [6.45, 7) is 0. The van der Waals surface area contributed by atoms with Crippen molar-refractivity contribution in [2.45, 2.75) is 17.2 Å². The van der Waals surface area contributed by atoms with Crippen LogP contribution in [0.2, 0.25) is 5.02 Å². The van der Waals surface area contributed by atoms with Crippen LogP contribution >= 0.6 is 23.4 Å². The highest BCUT2D eigenvalue weighted by molar-refractivity contribution is 7.98. The number of amides is 1. The van der Waals surface area contributed by atoms with E-state index in [9.17, 15) is 4.79 Å². The number of aromatic nitrogens is 1. The van der Waals surface area contributed by atoms with E-state index in [4.69, 9.17) is 17.4 Å². The Kier molecular flexibility index (Phi) is 5.40. The number of hydrogen-bond acceptors (Lipinski definition) is 4. The van der Waals surface area contributed by atoms with Crippen LogP contribution in [0.15, 0.2) is 47.6 Å². The number of benzene rings is 1. The maximum absolute atomic E-state index is 11.4. The summed E-state index contributed by atoms with van der Waals surface area (Å²) in [6.07, 6.45) is 1.98. The largest absolute Gasteiger partial charge is 0.294 e. The number of carbonyl (C=O) groups excluding carboxylic acids is 1. The molecular weight excluding hydrogens is 294 g/mol. The molecule has 0 unspecified atom stereocenters. The van der Waals surface area contributed by atoms with Gasteiger partial charge in [-0.2, -0.15) is 0 Å². The molecule has 0 spiro atoms. The molecule has 104 valence electrons. The maximum Gasteiger partial charge on any atom is 0.238 e. The van der Waals surface area contributed by atoms with E-state index in [2.05, 4.69) is 10.4 Å². The van der Waals surface area contributed by atoms with Crippen LogP contribution in [-0.2, 0) is 17.0 Å². The minimum absolute atomic E-state index is 0.210. The van der Waals surface area contributed by atoms with Gasteiger partial charge in [-0.1, -0.05) is 35.9 Å². The molecule has 1 aromatic carbocycles. The fourth-order valence-corrected chi connectivity index (χ4v) is 2.92. The van der Waals surface area contributed by atoms with Crippen molar-refractivity contribution < 1.29 is 4.79 Å². The highest BCUT2D eigenvalue weighted by Crippen LogP contribution is 2.28. The molecule has 1 heterocycles. The van der Waals surface area contributed by atoms with Gasteiger partial charge in [-0.15, -0.1) is 11.8 Å². The smallest absolute Gasteiger partial charge is 0.238 e. The van der Waals surface area contributed by atoms with Crippen LogP contribution in [0.1, 0.15) is 11.1 Å². The zero-order valence-corrected chi connectivity index (χ0v) is 12.2. The molecule has 20 heavy (non-hydrogen) atoms. The molecule has 2 aromatic rings. The number of pyridine rings is 1. The quantitative estimate of drug-likeness (QED) is 0.385. The average Bonchev–Trinajstić information content (AvgIpc) is 2.47. The van der Waals surface area contributed by atoms with Gasteiger partial charge in [0, 0.05) is 11.9 Å². The van der Waals surface area contributed by atoms with Gasteiger partial charge in [0.05, 0.1) is 11.4 Å². The predicted octanol–water partition coefficient (Wildman–Crippen LogP) is 2.56. The zero-order valence-electron chi connectivity index (χ0n) is 10.7. The third-order valence-electron chi connectivity index (χ3n) is 2.72. The van der Waals surface area contributed by atoms with Crippen LogP contribution in [-0.4, -0.2) is 10.9 Å². The first-order valence-corrected chi connectivity index (χ1v) is 7.36. The predicted molar refractivity (Wildman–Crippen MR) is 81.3 cm³/mol. The topological polar surface area (TPSA) is 68.0 Å². The second-order valence-electron chi connectivity index (χ2n) is 4.09. The summed E-state index contributed by atoms with van der Waals surface area (Å²) in [7, 11) is 0. The number of rotatable bonds is 5. The fourth-order valence-electron chi connectivity index (χ4n) is 1.72. The Morgan fingerprint density at radius 2 is 2.00 bits per heavy atom. The fraction of sp³-hybridized carbons (Fsp3) is 0.143. The van der Waals surface area contributed by atoms with E-state index >= 15 is 0 Å². The van der Waals surface area contributed by atoms with Crippen molar-refractivity contribution in [3.8, 4) is 0 Å². The number of hydrazine groups is 1. The second kappa shape index (κ2) is 7.28. The maximum atomic E-state index is 11.4. The zero-order chi connectivity index (χ0) is 14.4. The van der Waals surface area contributed by atoms with E-state index in [1.165, 1.54) is 0 Å². The van der Waals surface area contributed by atoms with E-state index in [0.29, 0.717) is 10.8 Å². The van der Waals surface area contributed by atoms with Crippen molar-refractivity contribution in [1.82, 2.24) is 10.4 Å². The van der Waals surface area contributed by atoms with Crippen molar-refractivity contribution >= 4 is 29.3 Å². The lowest BCUT2D eigenvalue weighted by Crippen LogP contribution is -2.31. The molecule has 0 aliphatic rings. The van der Waals surface area contributed by atoms with Crippen LogP contribution in [0.5, 0.6) is 0 Å². The normalized spacial score (nSPS) is 10.3. The summed E-state index contributed by atoms with van der Waals surface area (Å²) in [5.74, 6) is 5.61. The summed E-state index contributed by atoms with van der Waals surface area (Å²) in [5.41, 5.74) is 4.17. The van der Waals surface area contributed by atoms with Crippen LogP contribution in [0, 0.1) is 0 Å². The highest BCUT2D eigenvalue weighted by Gasteiger charge is 2.08. The Balaban J connectivity index is 2.10. The SMILES string of the molecule is NNC(=O)Cc1ccccc1CSc1ncccc1Cl. The number of nitrogens with zero attached hydrogens (tertiary/aromatic N) is 1. The van der Waals surface area contributed by atoms with E-state index in [-0.39, 0.29) is 12.3 Å². The summed E-state index contributed by atoms with van der Waals surface area (Å²) in [4.78, 5) is 15.6. The van der Waals surface area contributed by atoms with Gasteiger partial charge in [-0.25, -0.2) is 10.8 Å². The van der Waals surface area contributed by atoms with Gasteiger partial charge in [0.15, 0.2) is 0 Å². The Labute approximate surface area is 126 Å². The molecule has 0 aliphatic heterocycles. The molecule has 0 atom stereocenters. The van der Waals surface area contributed by atoms with Gasteiger partial charge >= 0.3 is 0 Å². The molecule has 0 saturated heterocycles. The molecule has 0 radical (unpaired) electrons. The molecule has 0 bridgehead atoms. The molecule has 0 saturated carbocycles. The van der Waals surface area contributed by atoms with Crippen molar-refractivity contribution in [2.24, 2.45) is 5.84 Å². The third kappa shape index (κ3) is 3.96. The Hall–Kier alpha value is -1.56. The van der Waals surface area contributed by atoms with Gasteiger partial charge < -0.3 is 0 Å². The van der Waals surface area contributed by atoms with Gasteiger partial charge in [0.1, 0.15) is 5.03 Å². The first-order valence-electron chi connectivity index (χ1n) is 6.00. The number of halogens is 1. The minimum atomic E-state index is -0.210. The molecule has 1 aromatic heterocycles. The Morgan fingerprint density at radius 1 is 1.25 bits per heavy atom. The van der Waals surface area contributed by atoms with E-state index in [1.807, 2.05) is 30.3 Å². The van der Waals surface area contributed by atoms with Crippen molar-refractivity contribution in [2.75, 3.05) is 0 Å². The molecule has 3 N–H and O–H groups in total. The van der Waals surface area contributed by atoms with Gasteiger partial charge in [0.2, 0.25) is 5.91 Å². The standard InChI is InChI=1S/C14H14ClN3OS/c15-12-6-3-7-17-14(12)20-9-11-5-2-1-4-10(11)8-13(19)18-16/h1-7H,8-9,16H2,(H,18,19). The Bertz CT molecular complexity index is 606. The minimum Gasteiger partial charge on any atom is -0.294 e. The van der Waals surface area contributed by atoms with Crippen LogP contribution in [0.4, 0.5) is 0 Å². The van der Waals surface area contributed by atoms with Crippen LogP contribution in [0.25, 0.3) is 0 Å². The summed E-state index contributed by atoms with van der Waals surface area (Å²) in [5, 5.41) is 1.42. The molecule has 4 nitrogen and oxygen atoms in total. The number of nitrogens with one attached hydrogen (secondary N) is 1. The lowest BCUT2D eigenvalue weighted by molar-refractivity contribution is -0.120. The second-order valence-corrected chi connectivity index (χ2v) is 5.46. The molecule has 2 rings (SSSR count). The number of hydrogen-bond donors (Lipinski definition) is 2. The van der Waals surface area contributed by atoms with E-state index in [0.717, 1.165) is 16.2 Å². The number of thioether (sulfide) groups is 1. The molecular formula is C14H14ClN3OS. The first-order chi connectivity index (χ1) is 9.70. The number of nitrogens with two attached hydrogens (primary N) is 1. The first kappa shape index (κ1) is 14.8. The van der Waals surface area contributed by atoms with E-state index in [1.54, 1.807) is 24.0 Å². The van der Waals surface area contributed by atoms with E-state index < -0.39 is 0 Å². The summed E-state index contributed by atoms with van der Waals surface area (Å²) < 4.78 is 0. The van der Waals surface area contributed by atoms with Gasteiger partial charge in [-0.05, 0) is 23.3 Å². The summed E-state index contributed by atoms with van der Waals surface area (Å²) >= 11 is 7.62. The van der Waals surface area contributed by atoms with Gasteiger partial charge in [0.25, 0.3) is 0 Å². The average molecular weight is 308 g/mol. The van der Waals surface area contributed by atoms with Gasteiger partial charge in [-0.3, -0.25) is 10.2 Å². The lowest BCUT2D eigenvalue weighted by atomic mass is 10.1. The summed E-state index contributed by atoms with van der Waals surface area (Å²) in [6, 6.07) is 11.4. The van der Waals surface area contributed by atoms with Crippen molar-refractivity contribution in [3.63, 3.8) is 0 Å². The van der Waals surface area contributed by atoms with Crippen molar-refractivity contribution in [1.29, 1.82) is 0 Å². The molecule has 6 heteroatoms. The van der Waals surface area contributed by atoms with Crippen LogP contribution < -0.4 is 11.3 Å². The number of carbonyl (C=O) groups is 1. The molecule has 1 amide bonds. The monoisotopic (exact) mass is 307 g/mol.